The molecule has 0 aliphatic carbocycles. The van der Waals surface area contributed by atoms with Gasteiger partial charge in [0.15, 0.2) is 5.78 Å². The fourth-order valence-electron chi connectivity index (χ4n) is 4.17. The van der Waals surface area contributed by atoms with Crippen LogP contribution >= 0.6 is 0 Å². The molecule has 4 unspecified atom stereocenters. The number of carbonyl (C=O) groups is 4. The molecule has 0 aromatic carbocycles. The fraction of sp³-hybridized carbons (Fsp3) is 0.789. The number of rotatable bonds is 7. The Morgan fingerprint density at radius 1 is 1.22 bits per heavy atom. The number of ketones is 1. The lowest BCUT2D eigenvalue weighted by Gasteiger charge is -2.28. The minimum absolute atomic E-state index is 0.0167. The van der Waals surface area contributed by atoms with Crippen LogP contribution in [0.15, 0.2) is 0 Å². The number of Topliss-reactive ketones (excluding diaryl/α,β-unsaturated/α-hetero) is 1. The highest BCUT2D eigenvalue weighted by Crippen LogP contribution is 2.31. The molecule has 2 rings (SSSR count). The Labute approximate surface area is 160 Å². The first-order chi connectivity index (χ1) is 12.7. The van der Waals surface area contributed by atoms with Gasteiger partial charge >= 0.3 is 0 Å². The molecule has 4 atom stereocenters. The molecule has 2 aliphatic rings. The van der Waals surface area contributed by atoms with Gasteiger partial charge in [-0.15, -0.1) is 0 Å². The summed E-state index contributed by atoms with van der Waals surface area (Å²) in [6, 6.07) is -2.20. The molecule has 0 saturated carbocycles. The molecule has 8 nitrogen and oxygen atoms in total. The smallest absolute Gasteiger partial charge is 0.245 e. The Kier molecular flexibility index (Phi) is 6.97. The van der Waals surface area contributed by atoms with Crippen LogP contribution in [-0.2, 0) is 19.2 Å². The zero-order chi connectivity index (χ0) is 20.3. The van der Waals surface area contributed by atoms with Gasteiger partial charge in [0.1, 0.15) is 12.1 Å². The van der Waals surface area contributed by atoms with Crippen molar-refractivity contribution in [1.82, 2.24) is 15.1 Å². The second kappa shape index (κ2) is 8.82. The maximum absolute atomic E-state index is 12.9. The molecular weight excluding hydrogens is 348 g/mol. The minimum atomic E-state index is -0.632. The van der Waals surface area contributed by atoms with Crippen molar-refractivity contribution in [3.05, 3.63) is 0 Å². The first kappa shape index (κ1) is 21.3. The maximum Gasteiger partial charge on any atom is 0.245 e. The summed E-state index contributed by atoms with van der Waals surface area (Å²) in [5.41, 5.74) is 6.03. The van der Waals surface area contributed by atoms with E-state index in [0.717, 1.165) is 6.42 Å². The number of nitrogens with zero attached hydrogens (tertiary/aromatic N) is 2. The van der Waals surface area contributed by atoms with E-state index in [1.54, 1.807) is 9.80 Å². The molecule has 2 aliphatic heterocycles. The summed E-state index contributed by atoms with van der Waals surface area (Å²) in [5.74, 6) is -0.576. The number of hydrogen-bond donors (Lipinski definition) is 2. The lowest BCUT2D eigenvalue weighted by Crippen LogP contribution is -2.52. The summed E-state index contributed by atoms with van der Waals surface area (Å²) in [4.78, 5) is 52.8. The van der Waals surface area contributed by atoms with E-state index >= 15 is 0 Å². The number of nitrogens with one attached hydrogen (secondary N) is 1. The van der Waals surface area contributed by atoms with E-state index < -0.39 is 18.1 Å². The molecule has 0 bridgehead atoms. The predicted molar refractivity (Wildman–Crippen MR) is 101 cm³/mol. The zero-order valence-electron chi connectivity index (χ0n) is 16.7. The molecule has 0 radical (unpaired) electrons. The normalized spacial score (nSPS) is 24.1. The number of hydrogen-bond acceptors (Lipinski definition) is 5. The third kappa shape index (κ3) is 4.66. The van der Waals surface area contributed by atoms with E-state index in [9.17, 15) is 19.2 Å². The van der Waals surface area contributed by atoms with Crippen molar-refractivity contribution >= 4 is 23.5 Å². The van der Waals surface area contributed by atoms with E-state index in [4.69, 9.17) is 5.73 Å². The third-order valence-electron chi connectivity index (χ3n) is 5.28. The highest BCUT2D eigenvalue weighted by molar-refractivity contribution is 5.99. The summed E-state index contributed by atoms with van der Waals surface area (Å²) in [6.07, 6.45) is 2.37. The summed E-state index contributed by atoms with van der Waals surface area (Å²) >= 11 is 0. The molecule has 152 valence electrons. The van der Waals surface area contributed by atoms with Crippen molar-refractivity contribution in [2.45, 2.75) is 77.5 Å². The van der Waals surface area contributed by atoms with Gasteiger partial charge in [0, 0.05) is 13.5 Å². The number of nitrogens with two attached hydrogens (primary N) is 1. The monoisotopic (exact) mass is 380 g/mol. The van der Waals surface area contributed by atoms with Gasteiger partial charge in [0.25, 0.3) is 0 Å². The lowest BCUT2D eigenvalue weighted by atomic mass is 10.0. The Hall–Kier alpha value is -1.96. The first-order valence-electron chi connectivity index (χ1n) is 9.83. The van der Waals surface area contributed by atoms with Crippen molar-refractivity contribution in [1.29, 1.82) is 0 Å². The molecular formula is C19H32N4O4. The van der Waals surface area contributed by atoms with E-state index in [1.165, 1.54) is 6.92 Å². The standard InChI is InChI=1S/C19H32N4O4/c1-5-6-14(21-12(4)24)19(27)23-10-16(25)17-15(23)7-8-22(17)18(26)13(20)9-11(2)3/h11,13-15,17H,5-10,20H2,1-4H3,(H,21,24). The van der Waals surface area contributed by atoms with Crippen LogP contribution in [0.3, 0.4) is 0 Å². The Morgan fingerprint density at radius 2 is 1.89 bits per heavy atom. The van der Waals surface area contributed by atoms with Crippen LogP contribution in [0.2, 0.25) is 0 Å². The third-order valence-corrected chi connectivity index (χ3v) is 5.28. The lowest BCUT2D eigenvalue weighted by molar-refractivity contribution is -0.137. The average molecular weight is 380 g/mol. The van der Waals surface area contributed by atoms with Crippen LogP contribution < -0.4 is 11.1 Å². The average Bonchev–Trinajstić information content (AvgIpc) is 3.13. The van der Waals surface area contributed by atoms with E-state index in [2.05, 4.69) is 5.32 Å². The largest absolute Gasteiger partial charge is 0.345 e. The molecule has 3 N–H and O–H groups in total. The zero-order valence-corrected chi connectivity index (χ0v) is 16.7. The highest BCUT2D eigenvalue weighted by Gasteiger charge is 2.52. The van der Waals surface area contributed by atoms with Crippen LogP contribution in [0, 0.1) is 5.92 Å². The predicted octanol–water partition coefficient (Wildman–Crippen LogP) is 0.0454. The Morgan fingerprint density at radius 3 is 2.44 bits per heavy atom. The van der Waals surface area contributed by atoms with Crippen molar-refractivity contribution < 1.29 is 19.2 Å². The summed E-state index contributed by atoms with van der Waals surface area (Å²) in [5, 5.41) is 2.68. The second-order valence-electron chi connectivity index (χ2n) is 8.04. The first-order valence-corrected chi connectivity index (χ1v) is 9.83. The Bertz CT molecular complexity index is 607. The molecule has 3 amide bonds. The summed E-state index contributed by atoms with van der Waals surface area (Å²) < 4.78 is 0. The van der Waals surface area contributed by atoms with Crippen molar-refractivity contribution in [2.75, 3.05) is 13.1 Å². The van der Waals surface area contributed by atoms with Crippen LogP contribution in [0.4, 0.5) is 0 Å². The summed E-state index contributed by atoms with van der Waals surface area (Å²) in [6.45, 7) is 7.71. The number of fused-ring (bicyclic) bond motifs is 1. The van der Waals surface area contributed by atoms with Crippen molar-refractivity contribution in [3.8, 4) is 0 Å². The van der Waals surface area contributed by atoms with E-state index in [-0.39, 0.29) is 42.0 Å². The molecule has 27 heavy (non-hydrogen) atoms. The van der Waals surface area contributed by atoms with Crippen molar-refractivity contribution in [3.63, 3.8) is 0 Å². The van der Waals surface area contributed by atoms with Gasteiger partial charge in [-0.3, -0.25) is 19.2 Å². The SMILES string of the molecule is CCCC(NC(C)=O)C(=O)N1CC(=O)C2C1CCN2C(=O)C(N)CC(C)C. The number of amides is 3. The van der Waals surface area contributed by atoms with Crippen LogP contribution in [0.1, 0.15) is 53.4 Å². The van der Waals surface area contributed by atoms with Gasteiger partial charge in [-0.25, -0.2) is 0 Å². The van der Waals surface area contributed by atoms with Crippen LogP contribution in [0.5, 0.6) is 0 Å². The molecule has 0 aromatic heterocycles. The fourth-order valence-corrected chi connectivity index (χ4v) is 4.17. The number of likely N-dealkylation sites (tertiary alicyclic amines) is 2. The molecule has 0 spiro atoms. The van der Waals surface area contributed by atoms with Gasteiger partial charge < -0.3 is 20.9 Å². The summed E-state index contributed by atoms with van der Waals surface area (Å²) in [7, 11) is 0. The van der Waals surface area contributed by atoms with Gasteiger partial charge in [0.2, 0.25) is 17.7 Å². The minimum Gasteiger partial charge on any atom is -0.345 e. The van der Waals surface area contributed by atoms with Gasteiger partial charge in [-0.2, -0.15) is 0 Å². The Balaban J connectivity index is 2.13. The molecule has 2 fully saturated rings. The van der Waals surface area contributed by atoms with Crippen LogP contribution in [-0.4, -0.2) is 70.6 Å². The number of carbonyl (C=O) groups excluding carboxylic acids is 4. The van der Waals surface area contributed by atoms with Gasteiger partial charge in [-0.05, 0) is 25.2 Å². The van der Waals surface area contributed by atoms with Crippen molar-refractivity contribution in [2.24, 2.45) is 11.7 Å². The second-order valence-corrected chi connectivity index (χ2v) is 8.04. The van der Waals surface area contributed by atoms with Gasteiger partial charge in [0.05, 0.1) is 18.6 Å². The highest BCUT2D eigenvalue weighted by atomic mass is 16.2. The molecule has 0 aromatic rings. The van der Waals surface area contributed by atoms with Gasteiger partial charge in [-0.1, -0.05) is 27.2 Å². The quantitative estimate of drug-likeness (QED) is 0.648. The molecule has 8 heteroatoms. The maximum atomic E-state index is 12.9. The topological polar surface area (TPSA) is 113 Å². The molecule has 2 heterocycles. The molecule has 2 saturated heterocycles. The van der Waals surface area contributed by atoms with E-state index in [1.807, 2.05) is 20.8 Å². The van der Waals surface area contributed by atoms with Crippen LogP contribution in [0.25, 0.3) is 0 Å². The van der Waals surface area contributed by atoms with E-state index in [0.29, 0.717) is 25.8 Å².